The van der Waals surface area contributed by atoms with Gasteiger partial charge in [0.25, 0.3) is 0 Å². The van der Waals surface area contributed by atoms with Gasteiger partial charge in [0, 0.05) is 23.6 Å². The van der Waals surface area contributed by atoms with E-state index in [1.807, 2.05) is 0 Å². The van der Waals surface area contributed by atoms with Gasteiger partial charge in [-0.3, -0.25) is 0 Å². The number of rotatable bonds is 3. The van der Waals surface area contributed by atoms with Crippen molar-refractivity contribution < 1.29 is 17.9 Å². The number of methoxy groups -OCH3 is 1. The molecule has 116 valence electrons. The summed E-state index contributed by atoms with van der Waals surface area (Å²) in [4.78, 5) is 11.6. The Balaban J connectivity index is 2.30. The monoisotopic (exact) mass is 376 g/mol. The molecule has 1 aromatic carbocycles. The van der Waals surface area contributed by atoms with E-state index in [4.69, 9.17) is 5.73 Å². The molecule has 1 saturated heterocycles. The molecule has 1 aromatic rings. The van der Waals surface area contributed by atoms with E-state index in [1.54, 1.807) is 0 Å². The molecule has 21 heavy (non-hydrogen) atoms. The molecule has 8 heteroatoms. The third-order valence-corrected chi connectivity index (χ3v) is 6.34. The van der Waals surface area contributed by atoms with Gasteiger partial charge < -0.3 is 10.5 Å². The van der Waals surface area contributed by atoms with Crippen LogP contribution in [0.3, 0.4) is 0 Å². The molecule has 2 N–H and O–H groups in total. The number of benzene rings is 1. The van der Waals surface area contributed by atoms with Crippen LogP contribution in [0.5, 0.6) is 0 Å². The van der Waals surface area contributed by atoms with Crippen LogP contribution < -0.4 is 5.73 Å². The van der Waals surface area contributed by atoms with E-state index in [0.29, 0.717) is 36.0 Å². The summed E-state index contributed by atoms with van der Waals surface area (Å²) >= 11 is 3.22. The molecule has 0 saturated carbocycles. The maximum absolute atomic E-state index is 12.6. The minimum absolute atomic E-state index is 0.0570. The molecule has 1 fully saturated rings. The summed E-state index contributed by atoms with van der Waals surface area (Å²) in [6.45, 7) is 0.823. The molecular formula is C13H17BrN2O4S. The number of sulfonamides is 1. The van der Waals surface area contributed by atoms with Crippen LogP contribution in [0.1, 0.15) is 23.2 Å². The number of nitrogens with zero attached hydrogens (tertiary/aromatic N) is 1. The average molecular weight is 377 g/mol. The highest BCUT2D eigenvalue weighted by Gasteiger charge is 2.30. The summed E-state index contributed by atoms with van der Waals surface area (Å²) in [6, 6.07) is 4.37. The molecule has 0 unspecified atom stereocenters. The average Bonchev–Trinajstić information content (AvgIpc) is 2.46. The lowest BCUT2D eigenvalue weighted by molar-refractivity contribution is 0.0600. The number of hydrogen-bond donors (Lipinski definition) is 1. The Morgan fingerprint density at radius 3 is 2.52 bits per heavy atom. The van der Waals surface area contributed by atoms with Crippen LogP contribution >= 0.6 is 15.9 Å². The Bertz CT molecular complexity index is 640. The van der Waals surface area contributed by atoms with Crippen LogP contribution in [-0.4, -0.2) is 44.9 Å². The summed E-state index contributed by atoms with van der Waals surface area (Å²) in [7, 11) is -2.31. The van der Waals surface area contributed by atoms with Gasteiger partial charge in [-0.05, 0) is 47.0 Å². The summed E-state index contributed by atoms with van der Waals surface area (Å²) in [6.07, 6.45) is 1.30. The molecule has 0 radical (unpaired) electrons. The molecule has 0 atom stereocenters. The zero-order chi connectivity index (χ0) is 15.6. The molecular weight excluding hydrogens is 360 g/mol. The predicted molar refractivity (Wildman–Crippen MR) is 81.4 cm³/mol. The van der Waals surface area contributed by atoms with Gasteiger partial charge in [-0.1, -0.05) is 0 Å². The smallest absolute Gasteiger partial charge is 0.337 e. The maximum Gasteiger partial charge on any atom is 0.337 e. The van der Waals surface area contributed by atoms with E-state index < -0.39 is 16.0 Å². The Morgan fingerprint density at radius 2 is 2.00 bits per heavy atom. The normalized spacial score (nSPS) is 17.7. The van der Waals surface area contributed by atoms with Crippen molar-refractivity contribution in [2.24, 2.45) is 5.73 Å². The van der Waals surface area contributed by atoms with Crippen molar-refractivity contribution in [1.29, 1.82) is 0 Å². The first kappa shape index (κ1) is 16.4. The highest BCUT2D eigenvalue weighted by Crippen LogP contribution is 2.28. The van der Waals surface area contributed by atoms with E-state index in [9.17, 15) is 13.2 Å². The van der Waals surface area contributed by atoms with E-state index >= 15 is 0 Å². The quantitative estimate of drug-likeness (QED) is 0.804. The number of nitrogens with two attached hydrogens (primary N) is 1. The number of ether oxygens (including phenoxy) is 1. The van der Waals surface area contributed by atoms with Gasteiger partial charge in [0.1, 0.15) is 0 Å². The van der Waals surface area contributed by atoms with Gasteiger partial charge in [0.15, 0.2) is 0 Å². The van der Waals surface area contributed by atoms with E-state index in [2.05, 4.69) is 20.7 Å². The molecule has 1 heterocycles. The first-order valence-corrected chi connectivity index (χ1v) is 8.73. The van der Waals surface area contributed by atoms with Crippen LogP contribution in [0.15, 0.2) is 27.6 Å². The fourth-order valence-corrected chi connectivity index (χ4v) is 4.72. The number of carbonyl (C=O) groups excluding carboxylic acids is 1. The predicted octanol–water partition coefficient (Wildman–Crippen LogP) is 1.35. The number of halogens is 1. The van der Waals surface area contributed by atoms with Crippen molar-refractivity contribution in [3.8, 4) is 0 Å². The lowest BCUT2D eigenvalue weighted by Gasteiger charge is -2.29. The standard InChI is InChI=1S/C13H17BrN2O4S/c1-20-13(17)9-2-3-12(11(14)8-9)21(18,19)16-6-4-10(15)5-7-16/h2-3,8,10H,4-7,15H2,1H3. The molecule has 2 rings (SSSR count). The Hall–Kier alpha value is -0.960. The number of esters is 1. The second-order valence-electron chi connectivity index (χ2n) is 4.88. The number of hydrogen-bond acceptors (Lipinski definition) is 5. The van der Waals surface area contributed by atoms with Crippen molar-refractivity contribution in [3.63, 3.8) is 0 Å². The first-order chi connectivity index (χ1) is 9.86. The molecule has 1 aliphatic heterocycles. The third kappa shape index (κ3) is 3.45. The van der Waals surface area contributed by atoms with E-state index in [1.165, 1.54) is 29.6 Å². The van der Waals surface area contributed by atoms with Gasteiger partial charge in [-0.2, -0.15) is 4.31 Å². The zero-order valence-electron chi connectivity index (χ0n) is 11.6. The van der Waals surface area contributed by atoms with Crippen molar-refractivity contribution >= 4 is 31.9 Å². The fraction of sp³-hybridized carbons (Fsp3) is 0.462. The second-order valence-corrected chi connectivity index (χ2v) is 7.64. The van der Waals surface area contributed by atoms with Crippen LogP contribution in [0.2, 0.25) is 0 Å². The third-order valence-electron chi connectivity index (χ3n) is 3.47. The summed E-state index contributed by atoms with van der Waals surface area (Å²) in [5.41, 5.74) is 6.09. The Morgan fingerprint density at radius 1 is 1.38 bits per heavy atom. The highest BCUT2D eigenvalue weighted by molar-refractivity contribution is 9.10. The molecule has 0 amide bonds. The molecule has 0 bridgehead atoms. The molecule has 0 aliphatic carbocycles. The Labute approximate surface area is 132 Å². The topological polar surface area (TPSA) is 89.7 Å². The van der Waals surface area contributed by atoms with E-state index in [0.717, 1.165) is 0 Å². The number of carbonyl (C=O) groups is 1. The van der Waals surface area contributed by atoms with Crippen molar-refractivity contribution in [2.45, 2.75) is 23.8 Å². The van der Waals surface area contributed by atoms with Crippen molar-refractivity contribution in [2.75, 3.05) is 20.2 Å². The minimum Gasteiger partial charge on any atom is -0.465 e. The Kier molecular flexibility index (Phi) is 5.03. The summed E-state index contributed by atoms with van der Waals surface area (Å²) < 4.78 is 31.6. The largest absolute Gasteiger partial charge is 0.465 e. The molecule has 6 nitrogen and oxygen atoms in total. The molecule has 0 aromatic heterocycles. The lowest BCUT2D eigenvalue weighted by Crippen LogP contribution is -2.42. The minimum atomic E-state index is -3.59. The molecule has 1 aliphatic rings. The van der Waals surface area contributed by atoms with Gasteiger partial charge in [0.05, 0.1) is 17.6 Å². The van der Waals surface area contributed by atoms with Gasteiger partial charge in [0.2, 0.25) is 10.0 Å². The van der Waals surface area contributed by atoms with Gasteiger partial charge >= 0.3 is 5.97 Å². The maximum atomic E-state index is 12.6. The highest BCUT2D eigenvalue weighted by atomic mass is 79.9. The second kappa shape index (κ2) is 6.43. The van der Waals surface area contributed by atoms with Crippen LogP contribution in [0.25, 0.3) is 0 Å². The van der Waals surface area contributed by atoms with E-state index in [-0.39, 0.29) is 10.9 Å². The van der Waals surface area contributed by atoms with Crippen molar-refractivity contribution in [1.82, 2.24) is 4.31 Å². The SMILES string of the molecule is COC(=O)c1ccc(S(=O)(=O)N2CCC(N)CC2)c(Br)c1. The fourth-order valence-electron chi connectivity index (χ4n) is 2.21. The zero-order valence-corrected chi connectivity index (χ0v) is 14.0. The molecule has 0 spiro atoms. The summed E-state index contributed by atoms with van der Waals surface area (Å²) in [5, 5.41) is 0. The van der Waals surface area contributed by atoms with Crippen LogP contribution in [-0.2, 0) is 14.8 Å². The van der Waals surface area contributed by atoms with Gasteiger partial charge in [-0.25, -0.2) is 13.2 Å². The first-order valence-electron chi connectivity index (χ1n) is 6.50. The number of piperidine rings is 1. The van der Waals surface area contributed by atoms with Crippen LogP contribution in [0, 0.1) is 0 Å². The lowest BCUT2D eigenvalue weighted by atomic mass is 10.1. The van der Waals surface area contributed by atoms with Gasteiger partial charge in [-0.15, -0.1) is 0 Å². The summed E-state index contributed by atoms with van der Waals surface area (Å²) in [5.74, 6) is -0.511. The van der Waals surface area contributed by atoms with Crippen LogP contribution in [0.4, 0.5) is 0 Å². The van der Waals surface area contributed by atoms with Crippen molar-refractivity contribution in [3.05, 3.63) is 28.2 Å².